The van der Waals surface area contributed by atoms with Gasteiger partial charge >= 0.3 is 29.8 Å². The molecule has 0 amide bonds. The van der Waals surface area contributed by atoms with Gasteiger partial charge in [-0.25, -0.2) is 0 Å². The van der Waals surface area contributed by atoms with Gasteiger partial charge in [0, 0.05) is 32.1 Å². The first-order valence-electron chi connectivity index (χ1n) is 12.6. The molecule has 0 radical (unpaired) electrons. The van der Waals surface area contributed by atoms with E-state index in [4.69, 9.17) is 23.7 Å². The molecule has 0 unspecified atom stereocenters. The standard InChI is InChI=1S/C25H42O10/c1-6-11-20(26)31-16-18(33-22(28)13-8-3)25(35-24(30)15-10-5)19(34-23(29)14-9-4)17-32-21(27)12-7-2/h18-19,25H,6-17H2,1-5H3/t18-,19+,25+. The summed E-state index contributed by atoms with van der Waals surface area (Å²) in [5, 5.41) is 0. The normalized spacial score (nSPS) is 13.2. The van der Waals surface area contributed by atoms with Crippen LogP contribution in [0, 0.1) is 0 Å². The van der Waals surface area contributed by atoms with Crippen LogP contribution in [0.4, 0.5) is 0 Å². The van der Waals surface area contributed by atoms with E-state index >= 15 is 0 Å². The van der Waals surface area contributed by atoms with Gasteiger partial charge in [0.15, 0.2) is 18.3 Å². The van der Waals surface area contributed by atoms with Gasteiger partial charge in [0.05, 0.1) is 0 Å². The molecule has 0 aliphatic heterocycles. The van der Waals surface area contributed by atoms with Gasteiger partial charge < -0.3 is 23.7 Å². The molecule has 35 heavy (non-hydrogen) atoms. The number of carbonyl (C=O) groups excluding carboxylic acids is 5. The molecular formula is C25H42O10. The summed E-state index contributed by atoms with van der Waals surface area (Å²) in [4.78, 5) is 61.1. The topological polar surface area (TPSA) is 132 Å². The minimum absolute atomic E-state index is 0.0625. The Balaban J connectivity index is 6.08. The van der Waals surface area contributed by atoms with Crippen LogP contribution in [0.5, 0.6) is 0 Å². The molecule has 10 heteroatoms. The summed E-state index contributed by atoms with van der Waals surface area (Å²) < 4.78 is 27.1. The highest BCUT2D eigenvalue weighted by molar-refractivity contribution is 5.72. The van der Waals surface area contributed by atoms with Crippen LogP contribution in [-0.4, -0.2) is 61.4 Å². The zero-order chi connectivity index (χ0) is 26.6. The summed E-state index contributed by atoms with van der Waals surface area (Å²) in [7, 11) is 0. The maximum absolute atomic E-state index is 12.4. The summed E-state index contributed by atoms with van der Waals surface area (Å²) in [6.45, 7) is 8.16. The fraction of sp³-hybridized carbons (Fsp3) is 0.800. The van der Waals surface area contributed by atoms with Crippen LogP contribution >= 0.6 is 0 Å². The van der Waals surface area contributed by atoms with Gasteiger partial charge in [-0.2, -0.15) is 0 Å². The monoisotopic (exact) mass is 502 g/mol. The first kappa shape index (κ1) is 32.4. The van der Waals surface area contributed by atoms with Crippen LogP contribution in [0.15, 0.2) is 0 Å². The van der Waals surface area contributed by atoms with E-state index in [-0.39, 0.29) is 32.1 Å². The Morgan fingerprint density at radius 1 is 0.457 bits per heavy atom. The Morgan fingerprint density at radius 2 is 0.743 bits per heavy atom. The third-order valence-electron chi connectivity index (χ3n) is 4.65. The van der Waals surface area contributed by atoms with Crippen LogP contribution in [-0.2, 0) is 47.7 Å². The van der Waals surface area contributed by atoms with Crippen molar-refractivity contribution < 1.29 is 47.7 Å². The first-order valence-corrected chi connectivity index (χ1v) is 12.6. The molecule has 0 aromatic rings. The third kappa shape index (κ3) is 15.1. The predicted molar refractivity (Wildman–Crippen MR) is 126 cm³/mol. The van der Waals surface area contributed by atoms with Gasteiger partial charge in [0.1, 0.15) is 13.2 Å². The molecule has 0 bridgehead atoms. The quantitative estimate of drug-likeness (QED) is 0.190. The first-order chi connectivity index (χ1) is 16.7. The maximum Gasteiger partial charge on any atom is 0.306 e. The average Bonchev–Trinajstić information content (AvgIpc) is 2.79. The number of hydrogen-bond acceptors (Lipinski definition) is 10. The van der Waals surface area contributed by atoms with Crippen molar-refractivity contribution in [3.8, 4) is 0 Å². The Labute approximate surface area is 208 Å². The fourth-order valence-electron chi connectivity index (χ4n) is 2.96. The Hall–Kier alpha value is -2.65. The van der Waals surface area contributed by atoms with E-state index in [1.54, 1.807) is 20.8 Å². The minimum Gasteiger partial charge on any atom is -0.462 e. The van der Waals surface area contributed by atoms with E-state index in [0.29, 0.717) is 32.1 Å². The smallest absolute Gasteiger partial charge is 0.306 e. The van der Waals surface area contributed by atoms with Crippen molar-refractivity contribution in [1.82, 2.24) is 0 Å². The van der Waals surface area contributed by atoms with Gasteiger partial charge in [-0.1, -0.05) is 34.6 Å². The second kappa shape index (κ2) is 19.6. The lowest BCUT2D eigenvalue weighted by atomic mass is 10.1. The van der Waals surface area contributed by atoms with Crippen LogP contribution < -0.4 is 0 Å². The predicted octanol–water partition coefficient (Wildman–Crippen LogP) is 3.81. The summed E-state index contributed by atoms with van der Waals surface area (Å²) in [5.41, 5.74) is 0. The largest absolute Gasteiger partial charge is 0.462 e. The van der Waals surface area contributed by atoms with Gasteiger partial charge in [-0.05, 0) is 32.1 Å². The van der Waals surface area contributed by atoms with Crippen molar-refractivity contribution in [3.63, 3.8) is 0 Å². The molecule has 0 rings (SSSR count). The van der Waals surface area contributed by atoms with Crippen LogP contribution in [0.2, 0.25) is 0 Å². The van der Waals surface area contributed by atoms with Gasteiger partial charge in [0.2, 0.25) is 0 Å². The van der Waals surface area contributed by atoms with Gasteiger partial charge in [-0.15, -0.1) is 0 Å². The molecule has 0 spiro atoms. The van der Waals surface area contributed by atoms with Crippen molar-refractivity contribution in [1.29, 1.82) is 0 Å². The van der Waals surface area contributed by atoms with E-state index in [0.717, 1.165) is 0 Å². The maximum atomic E-state index is 12.4. The zero-order valence-corrected chi connectivity index (χ0v) is 21.8. The number of ether oxygens (including phenoxy) is 5. The van der Waals surface area contributed by atoms with Crippen molar-refractivity contribution >= 4 is 29.8 Å². The van der Waals surface area contributed by atoms with Crippen molar-refractivity contribution in [2.45, 2.75) is 117 Å². The summed E-state index contributed by atoms with van der Waals surface area (Å²) >= 11 is 0. The zero-order valence-electron chi connectivity index (χ0n) is 21.8. The molecule has 3 atom stereocenters. The average molecular weight is 503 g/mol. The Kier molecular flexibility index (Phi) is 18.1. The second-order valence-corrected chi connectivity index (χ2v) is 8.13. The van der Waals surface area contributed by atoms with Gasteiger partial charge in [0.25, 0.3) is 0 Å². The van der Waals surface area contributed by atoms with Crippen molar-refractivity contribution in [2.24, 2.45) is 0 Å². The van der Waals surface area contributed by atoms with Crippen molar-refractivity contribution in [3.05, 3.63) is 0 Å². The molecule has 0 aromatic heterocycles. The molecule has 0 fully saturated rings. The Morgan fingerprint density at radius 3 is 1.06 bits per heavy atom. The number of carbonyl (C=O) groups is 5. The van der Waals surface area contributed by atoms with E-state index in [2.05, 4.69) is 0 Å². The van der Waals surface area contributed by atoms with Gasteiger partial charge in [-0.3, -0.25) is 24.0 Å². The van der Waals surface area contributed by atoms with Crippen LogP contribution in [0.3, 0.4) is 0 Å². The lowest BCUT2D eigenvalue weighted by Crippen LogP contribution is -2.50. The van der Waals surface area contributed by atoms with E-state index in [9.17, 15) is 24.0 Å². The highest BCUT2D eigenvalue weighted by Gasteiger charge is 2.39. The molecular weight excluding hydrogens is 460 g/mol. The summed E-state index contributed by atoms with van der Waals surface area (Å²) in [6, 6.07) is 0. The number of rotatable bonds is 19. The molecule has 0 aliphatic carbocycles. The highest BCUT2D eigenvalue weighted by Crippen LogP contribution is 2.18. The molecule has 0 aliphatic rings. The fourth-order valence-corrected chi connectivity index (χ4v) is 2.96. The molecule has 0 saturated heterocycles. The second-order valence-electron chi connectivity index (χ2n) is 8.13. The summed E-state index contributed by atoms with van der Waals surface area (Å²) in [5.74, 6) is -2.84. The lowest BCUT2D eigenvalue weighted by Gasteiger charge is -2.32. The number of esters is 5. The van der Waals surface area contributed by atoms with E-state index in [1.165, 1.54) is 0 Å². The third-order valence-corrected chi connectivity index (χ3v) is 4.65. The molecule has 0 heterocycles. The number of hydrogen-bond donors (Lipinski definition) is 0. The molecule has 0 aromatic carbocycles. The van der Waals surface area contributed by atoms with E-state index in [1.807, 2.05) is 13.8 Å². The van der Waals surface area contributed by atoms with E-state index < -0.39 is 61.4 Å². The van der Waals surface area contributed by atoms with Crippen molar-refractivity contribution in [2.75, 3.05) is 13.2 Å². The lowest BCUT2D eigenvalue weighted by molar-refractivity contribution is -0.197. The molecule has 0 N–H and O–H groups in total. The Bertz CT molecular complexity index is 615. The van der Waals surface area contributed by atoms with Crippen LogP contribution in [0.25, 0.3) is 0 Å². The SMILES string of the molecule is CCCC(=O)OC[C@H](OC(=O)CCC)[C@@H](OC(=O)CCC)[C@@H](COC(=O)CCC)OC(=O)CCC. The molecule has 202 valence electrons. The molecule has 10 nitrogen and oxygen atoms in total. The molecule has 0 saturated carbocycles. The highest BCUT2D eigenvalue weighted by atomic mass is 16.6. The summed E-state index contributed by atoms with van der Waals surface area (Å²) in [6.07, 6.45) is -0.733. The van der Waals surface area contributed by atoms with Crippen LogP contribution in [0.1, 0.15) is 98.8 Å². The minimum atomic E-state index is -1.35.